The first kappa shape index (κ1) is 24.9. The molecule has 1 saturated heterocycles. The van der Waals surface area contributed by atoms with Gasteiger partial charge in [-0.2, -0.15) is 0 Å². The van der Waals surface area contributed by atoms with Crippen LogP contribution >= 0.6 is 0 Å². The van der Waals surface area contributed by atoms with Gasteiger partial charge in [-0.3, -0.25) is 14.6 Å². The Morgan fingerprint density at radius 3 is 2.21 bits per heavy atom. The van der Waals surface area contributed by atoms with Crippen molar-refractivity contribution in [3.8, 4) is 11.3 Å². The number of methoxy groups -OCH3 is 1. The second-order valence-electron chi connectivity index (χ2n) is 8.94. The molecular weight excluding hydrogens is 446 g/mol. The number of esters is 2. The number of pyridine rings is 1. The van der Waals surface area contributed by atoms with E-state index in [2.05, 4.69) is 9.72 Å². The number of rotatable bonds is 6. The summed E-state index contributed by atoms with van der Waals surface area (Å²) in [6.45, 7) is 5.43. The van der Waals surface area contributed by atoms with E-state index in [1.54, 1.807) is 51.1 Å². The predicted molar refractivity (Wildman–Crippen MR) is 121 cm³/mol. The van der Waals surface area contributed by atoms with Crippen LogP contribution in [-0.4, -0.2) is 56.0 Å². The lowest BCUT2D eigenvalue weighted by molar-refractivity contribution is -0.160. The minimum Gasteiger partial charge on any atom is -0.469 e. The molecule has 1 aliphatic rings. The molecule has 0 radical (unpaired) electrons. The Morgan fingerprint density at radius 1 is 1.06 bits per heavy atom. The van der Waals surface area contributed by atoms with Crippen LogP contribution in [-0.2, 0) is 40.1 Å². The van der Waals surface area contributed by atoms with Crippen molar-refractivity contribution < 1.29 is 32.2 Å². The van der Waals surface area contributed by atoms with Gasteiger partial charge in [-0.1, -0.05) is 24.3 Å². The Bertz CT molecular complexity index is 1090. The first-order valence-electron chi connectivity index (χ1n) is 10.7. The van der Waals surface area contributed by atoms with E-state index in [0.717, 1.165) is 11.1 Å². The highest BCUT2D eigenvalue weighted by atomic mass is 32.2. The van der Waals surface area contributed by atoms with Crippen molar-refractivity contribution in [2.24, 2.45) is 0 Å². The second kappa shape index (κ2) is 9.61. The van der Waals surface area contributed by atoms with Gasteiger partial charge in [-0.15, -0.1) is 0 Å². The number of hydrogen-bond acceptors (Lipinski definition) is 8. The van der Waals surface area contributed by atoms with Crippen molar-refractivity contribution in [3.05, 3.63) is 48.2 Å². The monoisotopic (exact) mass is 475 g/mol. The summed E-state index contributed by atoms with van der Waals surface area (Å²) in [5, 5.41) is 0. The van der Waals surface area contributed by atoms with Crippen LogP contribution in [0.25, 0.3) is 11.3 Å². The van der Waals surface area contributed by atoms with Gasteiger partial charge >= 0.3 is 11.9 Å². The van der Waals surface area contributed by atoms with Crippen LogP contribution in [0, 0.1) is 0 Å². The zero-order valence-electron chi connectivity index (χ0n) is 19.3. The second-order valence-corrected chi connectivity index (χ2v) is 11.2. The molecule has 1 aliphatic heterocycles. The zero-order valence-corrected chi connectivity index (χ0v) is 20.1. The molecule has 0 bridgehead atoms. The van der Waals surface area contributed by atoms with Gasteiger partial charge in [0, 0.05) is 37.8 Å². The van der Waals surface area contributed by atoms with E-state index in [1.165, 1.54) is 19.4 Å². The first-order chi connectivity index (χ1) is 15.5. The quantitative estimate of drug-likeness (QED) is 0.586. The molecule has 178 valence electrons. The molecule has 0 amide bonds. The smallest absolute Gasteiger partial charge is 0.328 e. The molecule has 3 rings (SSSR count). The molecule has 33 heavy (non-hydrogen) atoms. The fraction of sp³-hybridized carbons (Fsp3) is 0.458. The van der Waals surface area contributed by atoms with Crippen LogP contribution in [0.5, 0.6) is 0 Å². The molecule has 8 nitrogen and oxygen atoms in total. The molecule has 1 fully saturated rings. The van der Waals surface area contributed by atoms with Gasteiger partial charge in [-0.25, -0.2) is 8.42 Å². The molecule has 1 aromatic heterocycles. The Labute approximate surface area is 194 Å². The molecule has 0 unspecified atom stereocenters. The third-order valence-corrected chi connectivity index (χ3v) is 7.92. The van der Waals surface area contributed by atoms with E-state index in [0.29, 0.717) is 5.69 Å². The van der Waals surface area contributed by atoms with Crippen molar-refractivity contribution in [1.82, 2.24) is 4.98 Å². The van der Waals surface area contributed by atoms with E-state index in [9.17, 15) is 18.0 Å². The minimum absolute atomic E-state index is 0.0215. The Kier molecular flexibility index (Phi) is 7.23. The molecule has 0 aliphatic carbocycles. The van der Waals surface area contributed by atoms with Gasteiger partial charge in [0.15, 0.2) is 14.6 Å². The summed E-state index contributed by atoms with van der Waals surface area (Å²) in [5.74, 6) is -1.09. The molecule has 9 heteroatoms. The van der Waals surface area contributed by atoms with E-state index >= 15 is 0 Å². The number of ether oxygens (including phenoxy) is 3. The van der Waals surface area contributed by atoms with Crippen molar-refractivity contribution in [2.75, 3.05) is 20.3 Å². The molecule has 0 N–H and O–H groups in total. The summed E-state index contributed by atoms with van der Waals surface area (Å²) < 4.78 is 41.0. The van der Waals surface area contributed by atoms with Crippen LogP contribution in [0.15, 0.2) is 47.5 Å². The topological polar surface area (TPSA) is 109 Å². The highest BCUT2D eigenvalue weighted by Crippen LogP contribution is 2.37. The van der Waals surface area contributed by atoms with E-state index in [1.807, 2.05) is 0 Å². The molecule has 0 saturated carbocycles. The zero-order chi connectivity index (χ0) is 24.3. The maximum Gasteiger partial charge on any atom is 0.328 e. The fourth-order valence-electron chi connectivity index (χ4n) is 3.62. The van der Waals surface area contributed by atoms with Gasteiger partial charge in [0.2, 0.25) is 0 Å². The average molecular weight is 476 g/mol. The summed E-state index contributed by atoms with van der Waals surface area (Å²) >= 11 is 0. The van der Waals surface area contributed by atoms with Crippen LogP contribution in [0.2, 0.25) is 0 Å². The standard InChI is InChI=1S/C24H29NO7S/c1-23(2,3)32-22(27)24(11-13-31-14-12-24)33(28,29)19-9-10-20(25-16-19)18-7-5-17(6-8-18)15-21(26)30-4/h5-10,16H,11-15H2,1-4H3. The molecule has 2 aromatic rings. The molecule has 1 aromatic carbocycles. The maximum absolute atomic E-state index is 13.6. The van der Waals surface area contributed by atoms with Crippen LogP contribution in [0.4, 0.5) is 0 Å². The average Bonchev–Trinajstić information content (AvgIpc) is 2.79. The Hall–Kier alpha value is -2.78. The first-order valence-corrected chi connectivity index (χ1v) is 12.1. The number of sulfone groups is 1. The lowest BCUT2D eigenvalue weighted by Crippen LogP contribution is -2.53. The highest BCUT2D eigenvalue weighted by molar-refractivity contribution is 7.93. The molecule has 0 atom stereocenters. The largest absolute Gasteiger partial charge is 0.469 e. The molecular formula is C24H29NO7S. The van der Waals surface area contributed by atoms with Crippen molar-refractivity contribution in [1.29, 1.82) is 0 Å². The van der Waals surface area contributed by atoms with Crippen molar-refractivity contribution in [2.45, 2.75) is 55.3 Å². The van der Waals surface area contributed by atoms with Gasteiger partial charge in [-0.05, 0) is 38.5 Å². The van der Waals surface area contributed by atoms with E-state index < -0.39 is 26.2 Å². The normalized spacial score (nSPS) is 16.1. The summed E-state index contributed by atoms with van der Waals surface area (Å²) in [6, 6.07) is 10.2. The molecule has 0 spiro atoms. The summed E-state index contributed by atoms with van der Waals surface area (Å²) in [6.07, 6.45) is 1.48. The predicted octanol–water partition coefficient (Wildman–Crippen LogP) is 3.13. The number of carbonyl (C=O) groups is 2. The number of aromatic nitrogens is 1. The van der Waals surface area contributed by atoms with Gasteiger partial charge in [0.05, 0.1) is 24.1 Å². The van der Waals surface area contributed by atoms with E-state index in [-0.39, 0.29) is 43.3 Å². The van der Waals surface area contributed by atoms with E-state index in [4.69, 9.17) is 9.47 Å². The van der Waals surface area contributed by atoms with Crippen molar-refractivity contribution in [3.63, 3.8) is 0 Å². The lowest BCUT2D eigenvalue weighted by Gasteiger charge is -2.36. The lowest BCUT2D eigenvalue weighted by atomic mass is 9.99. The van der Waals surface area contributed by atoms with Crippen LogP contribution in [0.3, 0.4) is 0 Å². The minimum atomic E-state index is -4.09. The SMILES string of the molecule is COC(=O)Cc1ccc(-c2ccc(S(=O)(=O)C3(C(=O)OC(C)(C)C)CCOCC3)cn2)cc1. The molecule has 2 heterocycles. The van der Waals surface area contributed by atoms with Crippen molar-refractivity contribution >= 4 is 21.8 Å². The third-order valence-electron chi connectivity index (χ3n) is 5.46. The van der Waals surface area contributed by atoms with Crippen LogP contribution < -0.4 is 0 Å². The third kappa shape index (κ3) is 5.42. The Balaban J connectivity index is 1.89. The number of carbonyl (C=O) groups excluding carboxylic acids is 2. The summed E-state index contributed by atoms with van der Waals surface area (Å²) in [4.78, 5) is 28.8. The summed E-state index contributed by atoms with van der Waals surface area (Å²) in [5.41, 5.74) is 1.31. The number of hydrogen-bond donors (Lipinski definition) is 0. The van der Waals surface area contributed by atoms with Gasteiger partial charge in [0.25, 0.3) is 0 Å². The fourth-order valence-corrected chi connectivity index (χ4v) is 5.48. The maximum atomic E-state index is 13.6. The highest BCUT2D eigenvalue weighted by Gasteiger charge is 2.54. The Morgan fingerprint density at radius 2 is 1.70 bits per heavy atom. The van der Waals surface area contributed by atoms with Gasteiger partial charge in [0.1, 0.15) is 5.60 Å². The summed E-state index contributed by atoms with van der Waals surface area (Å²) in [7, 11) is -2.75. The van der Waals surface area contributed by atoms with Crippen LogP contribution in [0.1, 0.15) is 39.2 Å². The number of nitrogens with zero attached hydrogens (tertiary/aromatic N) is 1. The number of benzene rings is 1. The van der Waals surface area contributed by atoms with Gasteiger partial charge < -0.3 is 14.2 Å².